The maximum absolute atomic E-state index is 9.45. The molecule has 1 N–H and O–H groups in total. The predicted molar refractivity (Wildman–Crippen MR) is 55.4 cm³/mol. The molecule has 1 aliphatic carbocycles. The summed E-state index contributed by atoms with van der Waals surface area (Å²) < 4.78 is 4.80. The molecule has 2 rings (SSSR count). The Morgan fingerprint density at radius 1 is 1.50 bits per heavy atom. The van der Waals surface area contributed by atoms with Gasteiger partial charge in [0, 0.05) is 17.7 Å². The largest absolute Gasteiger partial charge is 0.364 e. The molecule has 1 aliphatic rings. The molecular weight excluding hydrogens is 200 g/mol. The molecule has 1 aromatic rings. The molecule has 1 unspecified atom stereocenters. The number of hydrogen-bond donors (Lipinski definition) is 1. The molecule has 2 nitrogen and oxygen atoms in total. The average molecular weight is 213 g/mol. The van der Waals surface area contributed by atoms with Crippen LogP contribution in [-0.4, -0.2) is 12.2 Å². The summed E-state index contributed by atoms with van der Waals surface area (Å²) in [5, 5.41) is 10.0. The Balaban J connectivity index is 2.26. The van der Waals surface area contributed by atoms with Crippen LogP contribution in [-0.2, 0) is 4.74 Å². The molecule has 0 aromatic heterocycles. The van der Waals surface area contributed by atoms with Gasteiger partial charge in [-0.15, -0.1) is 0 Å². The van der Waals surface area contributed by atoms with Crippen molar-refractivity contribution < 1.29 is 9.84 Å². The van der Waals surface area contributed by atoms with Crippen molar-refractivity contribution in [1.29, 1.82) is 0 Å². The highest BCUT2D eigenvalue weighted by Crippen LogP contribution is 2.41. The van der Waals surface area contributed by atoms with Gasteiger partial charge in [-0.1, -0.05) is 23.7 Å². The van der Waals surface area contributed by atoms with E-state index in [2.05, 4.69) is 0 Å². The Morgan fingerprint density at radius 2 is 2.21 bits per heavy atom. The zero-order valence-corrected chi connectivity index (χ0v) is 8.79. The summed E-state index contributed by atoms with van der Waals surface area (Å²) in [6.45, 7) is 0. The SMILES string of the molecule is COC(O)c1ccc(C2CC2)cc1Cl. The molecule has 3 heteroatoms. The Bertz CT molecular complexity index is 334. The first-order chi connectivity index (χ1) is 6.72. The van der Waals surface area contributed by atoms with Crippen molar-refractivity contribution in [2.45, 2.75) is 25.0 Å². The number of aliphatic hydroxyl groups excluding tert-OH is 1. The van der Waals surface area contributed by atoms with E-state index in [1.807, 2.05) is 18.2 Å². The zero-order valence-electron chi connectivity index (χ0n) is 8.03. The first kappa shape index (κ1) is 9.97. The molecule has 0 radical (unpaired) electrons. The number of methoxy groups -OCH3 is 1. The summed E-state index contributed by atoms with van der Waals surface area (Å²) in [4.78, 5) is 0. The van der Waals surface area contributed by atoms with E-state index in [4.69, 9.17) is 16.3 Å². The first-order valence-electron chi connectivity index (χ1n) is 4.72. The van der Waals surface area contributed by atoms with Crippen molar-refractivity contribution >= 4 is 11.6 Å². The number of halogens is 1. The molecule has 1 fully saturated rings. The monoisotopic (exact) mass is 212 g/mol. The summed E-state index contributed by atoms with van der Waals surface area (Å²) in [6, 6.07) is 5.78. The number of ether oxygens (including phenoxy) is 1. The lowest BCUT2D eigenvalue weighted by Gasteiger charge is -2.11. The third-order valence-electron chi connectivity index (χ3n) is 2.56. The highest BCUT2D eigenvalue weighted by Gasteiger charge is 2.24. The van der Waals surface area contributed by atoms with Crippen LogP contribution in [0.15, 0.2) is 18.2 Å². The van der Waals surface area contributed by atoms with E-state index in [0.29, 0.717) is 16.5 Å². The molecule has 0 aliphatic heterocycles. The molecule has 14 heavy (non-hydrogen) atoms. The highest BCUT2D eigenvalue weighted by atomic mass is 35.5. The molecule has 0 bridgehead atoms. The maximum atomic E-state index is 9.45. The third kappa shape index (κ3) is 1.92. The van der Waals surface area contributed by atoms with E-state index >= 15 is 0 Å². The van der Waals surface area contributed by atoms with Gasteiger partial charge in [-0.3, -0.25) is 0 Å². The number of rotatable bonds is 3. The van der Waals surface area contributed by atoms with Crippen LogP contribution < -0.4 is 0 Å². The van der Waals surface area contributed by atoms with Crippen LogP contribution in [0, 0.1) is 0 Å². The average Bonchev–Trinajstić information content (AvgIpc) is 3.00. The van der Waals surface area contributed by atoms with Gasteiger partial charge in [0.05, 0.1) is 0 Å². The number of hydrogen-bond acceptors (Lipinski definition) is 2. The van der Waals surface area contributed by atoms with E-state index in [-0.39, 0.29) is 0 Å². The molecule has 0 saturated heterocycles. The van der Waals surface area contributed by atoms with E-state index in [1.54, 1.807) is 0 Å². The molecule has 0 amide bonds. The molecule has 0 heterocycles. The van der Waals surface area contributed by atoms with E-state index in [1.165, 1.54) is 25.5 Å². The minimum Gasteiger partial charge on any atom is -0.364 e. The molecule has 1 saturated carbocycles. The molecular formula is C11H13ClO2. The Morgan fingerprint density at radius 3 is 2.71 bits per heavy atom. The lowest BCUT2D eigenvalue weighted by atomic mass is 10.1. The van der Waals surface area contributed by atoms with Crippen molar-refractivity contribution in [3.8, 4) is 0 Å². The van der Waals surface area contributed by atoms with Crippen molar-refractivity contribution in [3.63, 3.8) is 0 Å². The summed E-state index contributed by atoms with van der Waals surface area (Å²) in [7, 11) is 1.45. The Kier molecular flexibility index (Phi) is 2.77. The van der Waals surface area contributed by atoms with Crippen LogP contribution >= 0.6 is 11.6 Å². The minimum atomic E-state index is -0.921. The van der Waals surface area contributed by atoms with E-state index in [0.717, 1.165) is 0 Å². The smallest absolute Gasteiger partial charge is 0.182 e. The van der Waals surface area contributed by atoms with Gasteiger partial charge in [0.25, 0.3) is 0 Å². The summed E-state index contributed by atoms with van der Waals surface area (Å²) >= 11 is 6.03. The highest BCUT2D eigenvalue weighted by molar-refractivity contribution is 6.31. The van der Waals surface area contributed by atoms with Gasteiger partial charge < -0.3 is 9.84 Å². The second-order valence-electron chi connectivity index (χ2n) is 3.64. The fraction of sp³-hybridized carbons (Fsp3) is 0.455. The van der Waals surface area contributed by atoms with Gasteiger partial charge in [0.1, 0.15) is 0 Å². The number of aliphatic hydroxyl groups is 1. The third-order valence-corrected chi connectivity index (χ3v) is 2.89. The lowest BCUT2D eigenvalue weighted by Crippen LogP contribution is -2.00. The molecule has 76 valence electrons. The zero-order chi connectivity index (χ0) is 10.1. The summed E-state index contributed by atoms with van der Waals surface area (Å²) in [5.41, 5.74) is 1.90. The Hall–Kier alpha value is -0.570. The number of benzene rings is 1. The second-order valence-corrected chi connectivity index (χ2v) is 4.05. The summed E-state index contributed by atoms with van der Waals surface area (Å²) in [5.74, 6) is 0.682. The fourth-order valence-electron chi connectivity index (χ4n) is 1.54. The van der Waals surface area contributed by atoms with Gasteiger partial charge in [-0.25, -0.2) is 0 Å². The van der Waals surface area contributed by atoms with Crippen molar-refractivity contribution in [1.82, 2.24) is 0 Å². The van der Waals surface area contributed by atoms with E-state index in [9.17, 15) is 5.11 Å². The van der Waals surface area contributed by atoms with Crippen LogP contribution in [0.2, 0.25) is 5.02 Å². The molecule has 1 aromatic carbocycles. The van der Waals surface area contributed by atoms with Crippen molar-refractivity contribution in [2.75, 3.05) is 7.11 Å². The van der Waals surface area contributed by atoms with Gasteiger partial charge in [0.15, 0.2) is 6.29 Å². The van der Waals surface area contributed by atoms with Crippen LogP contribution in [0.25, 0.3) is 0 Å². The van der Waals surface area contributed by atoms with Gasteiger partial charge in [-0.05, 0) is 30.4 Å². The Labute approximate surface area is 88.5 Å². The summed E-state index contributed by atoms with van der Waals surface area (Å²) in [6.07, 6.45) is 1.58. The van der Waals surface area contributed by atoms with Crippen LogP contribution in [0.1, 0.15) is 36.2 Å². The second kappa shape index (κ2) is 3.89. The first-order valence-corrected chi connectivity index (χ1v) is 5.10. The van der Waals surface area contributed by atoms with Crippen LogP contribution in [0.4, 0.5) is 0 Å². The van der Waals surface area contributed by atoms with Crippen LogP contribution in [0.5, 0.6) is 0 Å². The lowest BCUT2D eigenvalue weighted by molar-refractivity contribution is -0.0768. The molecule has 0 spiro atoms. The van der Waals surface area contributed by atoms with Gasteiger partial charge in [0.2, 0.25) is 0 Å². The van der Waals surface area contributed by atoms with Crippen molar-refractivity contribution in [2.24, 2.45) is 0 Å². The quantitative estimate of drug-likeness (QED) is 0.781. The normalized spacial score (nSPS) is 18.2. The topological polar surface area (TPSA) is 29.5 Å². The molecule has 1 atom stereocenters. The van der Waals surface area contributed by atoms with Gasteiger partial charge >= 0.3 is 0 Å². The minimum absolute atomic E-state index is 0.587. The van der Waals surface area contributed by atoms with Crippen molar-refractivity contribution in [3.05, 3.63) is 34.3 Å². The standard InChI is InChI=1S/C11H13ClO2/c1-14-11(13)9-5-4-8(6-10(9)12)7-2-3-7/h4-7,11,13H,2-3H2,1H3. The van der Waals surface area contributed by atoms with E-state index < -0.39 is 6.29 Å². The maximum Gasteiger partial charge on any atom is 0.182 e. The fourth-order valence-corrected chi connectivity index (χ4v) is 1.82. The predicted octanol–water partition coefficient (Wildman–Crippen LogP) is 2.85. The van der Waals surface area contributed by atoms with Crippen LogP contribution in [0.3, 0.4) is 0 Å². The van der Waals surface area contributed by atoms with Gasteiger partial charge in [-0.2, -0.15) is 0 Å².